The SMILES string of the molecule is CC(C)(C)c1cnc(CSc2cnc(NC(=O)Cn3ccnc3)s2)o1. The third-order valence-electron chi connectivity index (χ3n) is 3.25. The van der Waals surface area contributed by atoms with Crippen molar-refractivity contribution in [2.24, 2.45) is 0 Å². The molecule has 0 saturated heterocycles. The van der Waals surface area contributed by atoms with Gasteiger partial charge in [0.2, 0.25) is 11.8 Å². The number of nitrogens with one attached hydrogen (secondary N) is 1. The zero-order chi connectivity index (χ0) is 17.9. The average Bonchev–Trinajstić information content (AvgIpc) is 3.25. The van der Waals surface area contributed by atoms with Crippen molar-refractivity contribution < 1.29 is 9.21 Å². The Hall–Kier alpha value is -2.13. The topological polar surface area (TPSA) is 85.8 Å². The lowest BCUT2D eigenvalue weighted by Crippen LogP contribution is -2.17. The van der Waals surface area contributed by atoms with Crippen LogP contribution in [0.3, 0.4) is 0 Å². The Kier molecular flexibility index (Phi) is 5.24. The normalized spacial score (nSPS) is 11.6. The lowest BCUT2D eigenvalue weighted by molar-refractivity contribution is -0.116. The summed E-state index contributed by atoms with van der Waals surface area (Å²) in [4.78, 5) is 24.4. The number of aromatic nitrogens is 4. The third kappa shape index (κ3) is 4.93. The molecule has 0 atom stereocenters. The van der Waals surface area contributed by atoms with Crippen molar-refractivity contribution in [2.45, 2.75) is 42.7 Å². The van der Waals surface area contributed by atoms with Crippen LogP contribution in [0.1, 0.15) is 32.4 Å². The van der Waals surface area contributed by atoms with E-state index >= 15 is 0 Å². The molecule has 0 fully saturated rings. The molecule has 0 aliphatic heterocycles. The molecule has 0 bridgehead atoms. The van der Waals surface area contributed by atoms with Gasteiger partial charge < -0.3 is 14.3 Å². The van der Waals surface area contributed by atoms with Crippen LogP contribution < -0.4 is 5.32 Å². The minimum atomic E-state index is -0.133. The van der Waals surface area contributed by atoms with E-state index in [1.54, 1.807) is 47.4 Å². The fourth-order valence-corrected chi connectivity index (χ4v) is 3.69. The Labute approximate surface area is 153 Å². The number of amides is 1. The summed E-state index contributed by atoms with van der Waals surface area (Å²) in [5.41, 5.74) is -0.0485. The highest BCUT2D eigenvalue weighted by Crippen LogP contribution is 2.31. The molecule has 3 aromatic rings. The molecule has 7 nitrogen and oxygen atoms in total. The van der Waals surface area contributed by atoms with E-state index in [2.05, 4.69) is 41.0 Å². The van der Waals surface area contributed by atoms with E-state index in [0.717, 1.165) is 9.97 Å². The Balaban J connectivity index is 1.51. The largest absolute Gasteiger partial charge is 0.444 e. The molecule has 132 valence electrons. The van der Waals surface area contributed by atoms with E-state index in [0.29, 0.717) is 16.8 Å². The van der Waals surface area contributed by atoms with Gasteiger partial charge in [-0.2, -0.15) is 0 Å². The van der Waals surface area contributed by atoms with Crippen molar-refractivity contribution in [1.29, 1.82) is 0 Å². The van der Waals surface area contributed by atoms with Crippen LogP contribution in [0.5, 0.6) is 0 Å². The third-order valence-corrected chi connectivity index (χ3v) is 5.34. The van der Waals surface area contributed by atoms with Gasteiger partial charge in [0.15, 0.2) is 5.13 Å². The maximum atomic E-state index is 11.9. The van der Waals surface area contributed by atoms with Crippen molar-refractivity contribution in [2.75, 3.05) is 5.32 Å². The Morgan fingerprint density at radius 1 is 1.36 bits per heavy atom. The molecule has 0 aliphatic rings. The number of hydrogen-bond donors (Lipinski definition) is 1. The van der Waals surface area contributed by atoms with Crippen LogP contribution in [0, 0.1) is 0 Å². The first-order chi connectivity index (χ1) is 11.9. The first-order valence-corrected chi connectivity index (χ1v) is 9.50. The number of nitrogens with zero attached hydrogens (tertiary/aromatic N) is 4. The van der Waals surface area contributed by atoms with Crippen molar-refractivity contribution in [3.05, 3.63) is 42.8 Å². The smallest absolute Gasteiger partial charge is 0.246 e. The fraction of sp³-hybridized carbons (Fsp3) is 0.375. The second-order valence-corrected chi connectivity index (χ2v) is 8.73. The molecule has 0 unspecified atom stereocenters. The number of hydrogen-bond acceptors (Lipinski definition) is 7. The van der Waals surface area contributed by atoms with Gasteiger partial charge in [0.05, 0.1) is 28.7 Å². The van der Waals surface area contributed by atoms with Crippen LogP contribution in [0.15, 0.2) is 39.7 Å². The van der Waals surface area contributed by atoms with Gasteiger partial charge in [-0.3, -0.25) is 4.79 Å². The van der Waals surface area contributed by atoms with Crippen LogP contribution in [0.25, 0.3) is 0 Å². The zero-order valence-corrected chi connectivity index (χ0v) is 15.9. The first-order valence-electron chi connectivity index (χ1n) is 7.69. The molecule has 0 aromatic carbocycles. The molecular weight excluding hydrogens is 358 g/mol. The Bertz CT molecular complexity index is 833. The number of thiazole rings is 1. The molecule has 0 radical (unpaired) electrons. The van der Waals surface area contributed by atoms with Crippen LogP contribution >= 0.6 is 23.1 Å². The number of anilines is 1. The number of rotatable bonds is 6. The predicted molar refractivity (Wildman–Crippen MR) is 97.7 cm³/mol. The summed E-state index contributed by atoms with van der Waals surface area (Å²) in [6.45, 7) is 6.49. The Morgan fingerprint density at radius 3 is 2.88 bits per heavy atom. The van der Waals surface area contributed by atoms with Gasteiger partial charge in [-0.15, -0.1) is 11.8 Å². The number of thioether (sulfide) groups is 1. The number of imidazole rings is 1. The zero-order valence-electron chi connectivity index (χ0n) is 14.2. The monoisotopic (exact) mass is 377 g/mol. The lowest BCUT2D eigenvalue weighted by atomic mass is 9.94. The van der Waals surface area contributed by atoms with Gasteiger partial charge >= 0.3 is 0 Å². The summed E-state index contributed by atoms with van der Waals surface area (Å²) in [5.74, 6) is 2.06. The molecule has 0 spiro atoms. The number of carbonyl (C=O) groups excluding carboxylic acids is 1. The minimum Gasteiger partial charge on any atom is -0.444 e. The van der Waals surface area contributed by atoms with Crippen LogP contribution in [-0.4, -0.2) is 25.4 Å². The van der Waals surface area contributed by atoms with E-state index < -0.39 is 0 Å². The van der Waals surface area contributed by atoms with Gasteiger partial charge in [0.1, 0.15) is 12.3 Å². The molecule has 3 rings (SSSR count). The lowest BCUT2D eigenvalue weighted by Gasteiger charge is -2.12. The van der Waals surface area contributed by atoms with Gasteiger partial charge in [0.25, 0.3) is 0 Å². The molecule has 3 aromatic heterocycles. The van der Waals surface area contributed by atoms with Crippen molar-refractivity contribution in [3.63, 3.8) is 0 Å². The van der Waals surface area contributed by atoms with E-state index in [-0.39, 0.29) is 17.9 Å². The standard InChI is InChI=1S/C16H19N5O2S2/c1-16(2,3)11-6-18-13(23-11)9-24-14-7-19-15(25-14)20-12(22)8-21-5-4-17-10-21/h4-7,10H,8-9H2,1-3H3,(H,19,20,22). The molecule has 9 heteroatoms. The quantitative estimate of drug-likeness (QED) is 0.661. The molecule has 3 heterocycles. The predicted octanol–water partition coefficient (Wildman–Crippen LogP) is 3.56. The van der Waals surface area contributed by atoms with Crippen molar-refractivity contribution >= 4 is 34.1 Å². The summed E-state index contributed by atoms with van der Waals surface area (Å²) in [7, 11) is 0. The van der Waals surface area contributed by atoms with E-state index in [9.17, 15) is 4.79 Å². The van der Waals surface area contributed by atoms with Crippen molar-refractivity contribution in [1.82, 2.24) is 19.5 Å². The van der Waals surface area contributed by atoms with Crippen LogP contribution in [-0.2, 0) is 22.5 Å². The first kappa shape index (κ1) is 17.7. The molecule has 0 saturated carbocycles. The van der Waals surface area contributed by atoms with Gasteiger partial charge in [-0.1, -0.05) is 32.1 Å². The molecule has 0 aliphatic carbocycles. The van der Waals surface area contributed by atoms with Crippen LogP contribution in [0.4, 0.5) is 5.13 Å². The molecule has 1 amide bonds. The van der Waals surface area contributed by atoms with Gasteiger partial charge in [-0.05, 0) is 0 Å². The summed E-state index contributed by atoms with van der Waals surface area (Å²) in [6, 6.07) is 0. The maximum Gasteiger partial charge on any atom is 0.246 e. The molecule has 25 heavy (non-hydrogen) atoms. The van der Waals surface area contributed by atoms with Crippen LogP contribution in [0.2, 0.25) is 0 Å². The van der Waals surface area contributed by atoms with Gasteiger partial charge in [-0.25, -0.2) is 15.0 Å². The summed E-state index contributed by atoms with van der Waals surface area (Å²) < 4.78 is 8.47. The average molecular weight is 377 g/mol. The fourth-order valence-electron chi connectivity index (χ4n) is 1.95. The number of carbonyl (C=O) groups is 1. The second-order valence-electron chi connectivity index (χ2n) is 6.42. The molecular formula is C16H19N5O2S2. The highest BCUT2D eigenvalue weighted by molar-refractivity contribution is 8.00. The summed E-state index contributed by atoms with van der Waals surface area (Å²) in [6.07, 6.45) is 8.51. The van der Waals surface area contributed by atoms with Gasteiger partial charge in [0, 0.05) is 17.8 Å². The summed E-state index contributed by atoms with van der Waals surface area (Å²) >= 11 is 3.02. The number of oxazole rings is 1. The molecule has 1 N–H and O–H groups in total. The second kappa shape index (κ2) is 7.40. The summed E-state index contributed by atoms with van der Waals surface area (Å²) in [5, 5.41) is 3.37. The minimum absolute atomic E-state index is 0.0485. The highest BCUT2D eigenvalue weighted by Gasteiger charge is 2.19. The van der Waals surface area contributed by atoms with E-state index in [1.807, 2.05) is 0 Å². The highest BCUT2D eigenvalue weighted by atomic mass is 32.2. The van der Waals surface area contributed by atoms with E-state index in [4.69, 9.17) is 4.42 Å². The maximum absolute atomic E-state index is 11.9. The van der Waals surface area contributed by atoms with E-state index in [1.165, 1.54) is 11.3 Å². The van der Waals surface area contributed by atoms with Crippen molar-refractivity contribution in [3.8, 4) is 0 Å². The Morgan fingerprint density at radius 2 is 2.20 bits per heavy atom.